The summed E-state index contributed by atoms with van der Waals surface area (Å²) in [6.07, 6.45) is 4.80. The quantitative estimate of drug-likeness (QED) is 0.562. The Labute approximate surface area is 102 Å². The van der Waals surface area contributed by atoms with Gasteiger partial charge in [-0.15, -0.1) is 6.58 Å². The first kappa shape index (κ1) is 13.5. The Morgan fingerprint density at radius 2 is 2.24 bits per heavy atom. The lowest BCUT2D eigenvalue weighted by Crippen LogP contribution is -2.49. The Hall–Kier alpha value is -1.52. The summed E-state index contributed by atoms with van der Waals surface area (Å²) >= 11 is 0. The lowest BCUT2D eigenvalue weighted by molar-refractivity contribution is -0.143. The highest BCUT2D eigenvalue weighted by atomic mass is 16.5. The molecule has 0 saturated heterocycles. The number of carbonyl (C=O) groups is 2. The molecule has 17 heavy (non-hydrogen) atoms. The number of urea groups is 1. The normalized spacial score (nSPS) is 14.6. The van der Waals surface area contributed by atoms with Crippen molar-refractivity contribution in [3.63, 3.8) is 0 Å². The second kappa shape index (κ2) is 6.93. The first-order chi connectivity index (χ1) is 8.17. The van der Waals surface area contributed by atoms with Crippen molar-refractivity contribution >= 4 is 12.0 Å². The third-order valence-electron chi connectivity index (χ3n) is 2.69. The Kier molecular flexibility index (Phi) is 5.52. The standard InChI is InChI=1S/C12H20N2O3/c1-3-8-14(9-11(15)17-4-2)12(16)13-10-6-5-7-10/h3,10H,1,4-9H2,2H3,(H,13,16). The van der Waals surface area contributed by atoms with Crippen molar-refractivity contribution in [2.75, 3.05) is 19.7 Å². The van der Waals surface area contributed by atoms with Crippen LogP contribution in [-0.4, -0.2) is 42.6 Å². The van der Waals surface area contributed by atoms with E-state index < -0.39 is 5.97 Å². The smallest absolute Gasteiger partial charge is 0.325 e. The van der Waals surface area contributed by atoms with Gasteiger partial charge in [-0.3, -0.25) is 4.79 Å². The fourth-order valence-corrected chi connectivity index (χ4v) is 1.56. The van der Waals surface area contributed by atoms with Crippen molar-refractivity contribution in [3.05, 3.63) is 12.7 Å². The Morgan fingerprint density at radius 1 is 1.53 bits per heavy atom. The predicted molar refractivity (Wildman–Crippen MR) is 64.6 cm³/mol. The first-order valence-electron chi connectivity index (χ1n) is 5.99. The van der Waals surface area contributed by atoms with Crippen LogP contribution in [0.3, 0.4) is 0 Å². The molecule has 0 bridgehead atoms. The lowest BCUT2D eigenvalue weighted by atomic mass is 9.93. The molecule has 0 aromatic heterocycles. The number of hydrogen-bond acceptors (Lipinski definition) is 3. The number of esters is 1. The summed E-state index contributed by atoms with van der Waals surface area (Å²) in [5.41, 5.74) is 0. The van der Waals surface area contributed by atoms with E-state index in [-0.39, 0.29) is 18.6 Å². The largest absolute Gasteiger partial charge is 0.465 e. The molecule has 1 aliphatic carbocycles. The van der Waals surface area contributed by atoms with Gasteiger partial charge in [-0.1, -0.05) is 6.08 Å². The Morgan fingerprint density at radius 3 is 2.71 bits per heavy atom. The van der Waals surface area contributed by atoms with Crippen LogP contribution in [0.1, 0.15) is 26.2 Å². The van der Waals surface area contributed by atoms with Gasteiger partial charge in [0, 0.05) is 12.6 Å². The van der Waals surface area contributed by atoms with Crippen LogP contribution in [-0.2, 0) is 9.53 Å². The van der Waals surface area contributed by atoms with Crippen LogP contribution in [0.15, 0.2) is 12.7 Å². The van der Waals surface area contributed by atoms with Crippen molar-refractivity contribution in [1.29, 1.82) is 0 Å². The lowest BCUT2D eigenvalue weighted by Gasteiger charge is -2.29. The van der Waals surface area contributed by atoms with Gasteiger partial charge in [0.2, 0.25) is 0 Å². The van der Waals surface area contributed by atoms with Crippen LogP contribution in [0, 0.1) is 0 Å². The number of hydrogen-bond donors (Lipinski definition) is 1. The van der Waals surface area contributed by atoms with Gasteiger partial charge < -0.3 is 15.0 Å². The number of nitrogens with one attached hydrogen (secondary N) is 1. The van der Waals surface area contributed by atoms with E-state index in [0.29, 0.717) is 13.2 Å². The van der Waals surface area contributed by atoms with Crippen molar-refractivity contribution in [1.82, 2.24) is 10.2 Å². The molecule has 5 nitrogen and oxygen atoms in total. The molecular weight excluding hydrogens is 220 g/mol. The van der Waals surface area contributed by atoms with Crippen LogP contribution in [0.2, 0.25) is 0 Å². The number of ether oxygens (including phenoxy) is 1. The van der Waals surface area contributed by atoms with Gasteiger partial charge in [0.05, 0.1) is 6.61 Å². The highest BCUT2D eigenvalue weighted by Gasteiger charge is 2.23. The topological polar surface area (TPSA) is 58.6 Å². The highest BCUT2D eigenvalue weighted by Crippen LogP contribution is 2.18. The van der Waals surface area contributed by atoms with Gasteiger partial charge in [0.25, 0.3) is 0 Å². The van der Waals surface area contributed by atoms with E-state index in [2.05, 4.69) is 11.9 Å². The average molecular weight is 240 g/mol. The van der Waals surface area contributed by atoms with Crippen LogP contribution in [0.4, 0.5) is 4.79 Å². The van der Waals surface area contributed by atoms with Crippen molar-refractivity contribution in [2.24, 2.45) is 0 Å². The van der Waals surface area contributed by atoms with Gasteiger partial charge in [-0.05, 0) is 26.2 Å². The third-order valence-corrected chi connectivity index (χ3v) is 2.69. The Balaban J connectivity index is 2.41. The fraction of sp³-hybridized carbons (Fsp3) is 0.667. The molecule has 0 spiro atoms. The molecule has 1 fully saturated rings. The van der Waals surface area contributed by atoms with Crippen LogP contribution in [0.25, 0.3) is 0 Å². The molecule has 1 saturated carbocycles. The van der Waals surface area contributed by atoms with Crippen molar-refractivity contribution in [3.8, 4) is 0 Å². The molecule has 1 rings (SSSR count). The summed E-state index contributed by atoms with van der Waals surface area (Å²) in [7, 11) is 0. The highest BCUT2D eigenvalue weighted by molar-refractivity contribution is 5.81. The summed E-state index contributed by atoms with van der Waals surface area (Å²) in [6.45, 7) is 5.96. The number of carbonyl (C=O) groups excluding carboxylic acids is 2. The summed E-state index contributed by atoms with van der Waals surface area (Å²) in [5, 5.41) is 2.88. The molecule has 1 N–H and O–H groups in total. The van der Waals surface area contributed by atoms with Gasteiger partial charge in [0.1, 0.15) is 6.54 Å². The average Bonchev–Trinajstić information content (AvgIpc) is 2.23. The molecule has 2 amide bonds. The molecule has 0 aromatic carbocycles. The molecule has 0 radical (unpaired) electrons. The minimum Gasteiger partial charge on any atom is -0.465 e. The van der Waals surface area contributed by atoms with Crippen molar-refractivity contribution < 1.29 is 14.3 Å². The van der Waals surface area contributed by atoms with Gasteiger partial charge in [-0.2, -0.15) is 0 Å². The van der Waals surface area contributed by atoms with E-state index in [0.717, 1.165) is 19.3 Å². The molecule has 1 aliphatic rings. The van der Waals surface area contributed by atoms with Crippen molar-refractivity contribution in [2.45, 2.75) is 32.2 Å². The van der Waals surface area contributed by atoms with E-state index in [9.17, 15) is 9.59 Å². The summed E-state index contributed by atoms with van der Waals surface area (Å²) < 4.78 is 4.82. The van der Waals surface area contributed by atoms with E-state index in [1.807, 2.05) is 0 Å². The number of nitrogens with zero attached hydrogens (tertiary/aromatic N) is 1. The zero-order valence-electron chi connectivity index (χ0n) is 10.3. The molecule has 96 valence electrons. The zero-order valence-corrected chi connectivity index (χ0v) is 10.3. The van der Waals surface area contributed by atoms with Crippen LogP contribution >= 0.6 is 0 Å². The monoisotopic (exact) mass is 240 g/mol. The van der Waals surface area contributed by atoms with Crippen LogP contribution in [0.5, 0.6) is 0 Å². The number of rotatable bonds is 6. The molecule has 0 atom stereocenters. The molecule has 0 unspecified atom stereocenters. The summed E-state index contributed by atoms with van der Waals surface area (Å²) in [5.74, 6) is -0.391. The molecular formula is C12H20N2O3. The summed E-state index contributed by atoms with van der Waals surface area (Å²) in [6, 6.07) is 0.0414. The van der Waals surface area contributed by atoms with E-state index in [4.69, 9.17) is 4.74 Å². The fourth-order valence-electron chi connectivity index (χ4n) is 1.56. The molecule has 0 aliphatic heterocycles. The maximum atomic E-state index is 11.8. The molecule has 5 heteroatoms. The summed E-state index contributed by atoms with van der Waals surface area (Å²) in [4.78, 5) is 24.6. The minimum absolute atomic E-state index is 0.0294. The van der Waals surface area contributed by atoms with Gasteiger partial charge in [0.15, 0.2) is 0 Å². The molecule has 0 heterocycles. The van der Waals surface area contributed by atoms with E-state index in [1.54, 1.807) is 13.0 Å². The minimum atomic E-state index is -0.391. The van der Waals surface area contributed by atoms with Gasteiger partial charge in [-0.25, -0.2) is 4.79 Å². The molecule has 0 aromatic rings. The first-order valence-corrected chi connectivity index (χ1v) is 5.99. The SMILES string of the molecule is C=CCN(CC(=O)OCC)C(=O)NC1CCC1. The van der Waals surface area contributed by atoms with E-state index >= 15 is 0 Å². The second-order valence-corrected chi connectivity index (χ2v) is 4.05. The predicted octanol–water partition coefficient (Wildman–Crippen LogP) is 1.30. The van der Waals surface area contributed by atoms with E-state index in [1.165, 1.54) is 4.90 Å². The van der Waals surface area contributed by atoms with Gasteiger partial charge >= 0.3 is 12.0 Å². The zero-order chi connectivity index (χ0) is 12.7. The Bertz CT molecular complexity index is 287. The maximum absolute atomic E-state index is 11.8. The maximum Gasteiger partial charge on any atom is 0.325 e. The number of amides is 2. The second-order valence-electron chi connectivity index (χ2n) is 4.05. The van der Waals surface area contributed by atoms with Crippen LogP contribution < -0.4 is 5.32 Å². The third kappa shape index (κ3) is 4.46.